The molecular weight excluding hydrogens is 305 g/mol. The highest BCUT2D eigenvalue weighted by Gasteiger charge is 2.21. The largest absolute Gasteiger partial charge is 0.494 e. The molecule has 0 heterocycles. The third kappa shape index (κ3) is 3.64. The summed E-state index contributed by atoms with van der Waals surface area (Å²) in [6.07, 6.45) is 0. The third-order valence-corrected chi connectivity index (χ3v) is 5.01. The van der Waals surface area contributed by atoms with E-state index in [9.17, 15) is 12.8 Å². The fourth-order valence-electron chi connectivity index (χ4n) is 2.01. The van der Waals surface area contributed by atoms with E-state index in [2.05, 4.69) is 0 Å². The second-order valence-corrected chi connectivity index (χ2v) is 6.80. The molecule has 0 bridgehead atoms. The van der Waals surface area contributed by atoms with E-state index in [1.54, 1.807) is 30.3 Å². The summed E-state index contributed by atoms with van der Waals surface area (Å²) in [5.41, 5.74) is 0.333. The Hall–Kier alpha value is -1.92. The van der Waals surface area contributed by atoms with Gasteiger partial charge in [-0.3, -0.25) is 0 Å². The van der Waals surface area contributed by atoms with Crippen LogP contribution in [0.3, 0.4) is 0 Å². The lowest BCUT2D eigenvalue weighted by Crippen LogP contribution is -2.26. The number of sulfonamides is 1. The van der Waals surface area contributed by atoms with Crippen LogP contribution < -0.4 is 4.74 Å². The van der Waals surface area contributed by atoms with Gasteiger partial charge < -0.3 is 4.74 Å². The number of nitrogens with zero attached hydrogens (tertiary/aromatic N) is 1. The van der Waals surface area contributed by atoms with Crippen LogP contribution in [0.15, 0.2) is 53.4 Å². The van der Waals surface area contributed by atoms with Crippen molar-refractivity contribution in [2.75, 3.05) is 13.7 Å². The van der Waals surface area contributed by atoms with Crippen LogP contribution in [0.1, 0.15) is 12.5 Å². The summed E-state index contributed by atoms with van der Waals surface area (Å²) in [6, 6.07) is 12.3. The van der Waals surface area contributed by atoms with Crippen LogP contribution in [0.2, 0.25) is 0 Å². The van der Waals surface area contributed by atoms with Crippen LogP contribution in [0.5, 0.6) is 5.75 Å². The van der Waals surface area contributed by atoms with Crippen LogP contribution >= 0.6 is 0 Å². The first-order valence-corrected chi connectivity index (χ1v) is 8.31. The Labute approximate surface area is 130 Å². The van der Waals surface area contributed by atoms with Crippen molar-refractivity contribution in [1.82, 2.24) is 4.31 Å². The molecule has 0 N–H and O–H groups in total. The number of ether oxygens (including phenoxy) is 1. The molecule has 0 aromatic heterocycles. The average Bonchev–Trinajstić information content (AvgIpc) is 2.50. The summed E-state index contributed by atoms with van der Waals surface area (Å²) in [4.78, 5) is 0.148. The Morgan fingerprint density at radius 3 is 2.32 bits per heavy atom. The maximum absolute atomic E-state index is 13.6. The molecule has 6 heteroatoms. The van der Waals surface area contributed by atoms with Crippen molar-refractivity contribution < 1.29 is 17.5 Å². The third-order valence-electron chi connectivity index (χ3n) is 3.19. The van der Waals surface area contributed by atoms with E-state index in [1.165, 1.54) is 25.2 Å². The van der Waals surface area contributed by atoms with Crippen LogP contribution in [0, 0.1) is 5.82 Å². The lowest BCUT2D eigenvalue weighted by Gasteiger charge is -2.18. The zero-order chi connectivity index (χ0) is 16.2. The summed E-state index contributed by atoms with van der Waals surface area (Å²) < 4.78 is 45.0. The second-order valence-electron chi connectivity index (χ2n) is 4.76. The van der Waals surface area contributed by atoms with Gasteiger partial charge in [0, 0.05) is 19.2 Å². The number of benzene rings is 2. The standard InChI is InChI=1S/C16H18FNO3S/c1-3-21-14-8-10-15(11-9-14)22(19,20)18(2)12-13-6-4-5-7-16(13)17/h4-11H,3,12H2,1-2H3. The smallest absolute Gasteiger partial charge is 0.243 e. The highest BCUT2D eigenvalue weighted by Crippen LogP contribution is 2.20. The van der Waals surface area contributed by atoms with Crippen LogP contribution in [0.4, 0.5) is 4.39 Å². The molecule has 0 amide bonds. The van der Waals surface area contributed by atoms with Crippen LogP contribution in [-0.4, -0.2) is 26.4 Å². The molecule has 0 spiro atoms. The predicted octanol–water partition coefficient (Wildman–Crippen LogP) is 3.05. The van der Waals surface area contributed by atoms with Gasteiger partial charge in [0.05, 0.1) is 11.5 Å². The lowest BCUT2D eigenvalue weighted by molar-refractivity contribution is 0.340. The van der Waals surface area contributed by atoms with Gasteiger partial charge in [0.25, 0.3) is 0 Å². The molecule has 0 aliphatic carbocycles. The van der Waals surface area contributed by atoms with Crippen LogP contribution in [0.25, 0.3) is 0 Å². The summed E-state index contributed by atoms with van der Waals surface area (Å²) in [5, 5.41) is 0. The lowest BCUT2D eigenvalue weighted by atomic mass is 10.2. The van der Waals surface area contributed by atoms with Gasteiger partial charge >= 0.3 is 0 Å². The van der Waals surface area contributed by atoms with Crippen molar-refractivity contribution in [3.8, 4) is 5.75 Å². The molecule has 2 rings (SSSR count). The molecule has 0 saturated carbocycles. The van der Waals surface area contributed by atoms with Crippen molar-refractivity contribution in [2.45, 2.75) is 18.4 Å². The monoisotopic (exact) mass is 323 g/mol. The minimum atomic E-state index is -3.67. The summed E-state index contributed by atoms with van der Waals surface area (Å²) >= 11 is 0. The maximum atomic E-state index is 13.6. The fraction of sp³-hybridized carbons (Fsp3) is 0.250. The van der Waals surface area contributed by atoms with E-state index < -0.39 is 15.8 Å². The Balaban J connectivity index is 2.20. The number of hydrogen-bond acceptors (Lipinski definition) is 3. The van der Waals surface area contributed by atoms with Gasteiger partial charge in [0.1, 0.15) is 11.6 Å². The number of hydrogen-bond donors (Lipinski definition) is 0. The van der Waals surface area contributed by atoms with E-state index in [1.807, 2.05) is 6.92 Å². The maximum Gasteiger partial charge on any atom is 0.243 e. The molecule has 0 saturated heterocycles. The quantitative estimate of drug-likeness (QED) is 0.821. The van der Waals surface area contributed by atoms with Gasteiger partial charge in [0.15, 0.2) is 0 Å². The highest BCUT2D eigenvalue weighted by molar-refractivity contribution is 7.89. The molecule has 0 aliphatic rings. The molecule has 4 nitrogen and oxygen atoms in total. The Kier molecular flexibility index (Phi) is 5.15. The van der Waals surface area contributed by atoms with E-state index in [-0.39, 0.29) is 11.4 Å². The molecule has 22 heavy (non-hydrogen) atoms. The van der Waals surface area contributed by atoms with Gasteiger partial charge in [0.2, 0.25) is 10.0 Å². The van der Waals surface area contributed by atoms with Gasteiger partial charge in [-0.15, -0.1) is 0 Å². The number of halogens is 1. The van der Waals surface area contributed by atoms with E-state index >= 15 is 0 Å². The van der Waals surface area contributed by atoms with Gasteiger partial charge in [-0.05, 0) is 37.3 Å². The Morgan fingerprint density at radius 2 is 1.73 bits per heavy atom. The highest BCUT2D eigenvalue weighted by atomic mass is 32.2. The minimum absolute atomic E-state index is 0.0256. The predicted molar refractivity (Wildman–Crippen MR) is 82.7 cm³/mol. The summed E-state index contributed by atoms with van der Waals surface area (Å²) in [6.45, 7) is 2.34. The molecule has 0 atom stereocenters. The normalized spacial score (nSPS) is 11.6. The second kappa shape index (κ2) is 6.89. The van der Waals surface area contributed by atoms with Crippen molar-refractivity contribution in [3.63, 3.8) is 0 Å². The van der Waals surface area contributed by atoms with Crippen molar-refractivity contribution >= 4 is 10.0 Å². The van der Waals surface area contributed by atoms with Crippen LogP contribution in [-0.2, 0) is 16.6 Å². The molecule has 2 aromatic carbocycles. The molecule has 2 aromatic rings. The Bertz CT molecular complexity index is 729. The molecule has 0 aliphatic heterocycles. The van der Waals surface area contributed by atoms with E-state index in [0.717, 1.165) is 4.31 Å². The molecular formula is C16H18FNO3S. The molecule has 118 valence electrons. The summed E-state index contributed by atoms with van der Waals surface area (Å²) in [7, 11) is -2.25. The Morgan fingerprint density at radius 1 is 1.09 bits per heavy atom. The van der Waals surface area contributed by atoms with Gasteiger partial charge in [-0.1, -0.05) is 18.2 Å². The van der Waals surface area contributed by atoms with Crippen molar-refractivity contribution in [2.24, 2.45) is 0 Å². The van der Waals surface area contributed by atoms with Gasteiger partial charge in [-0.2, -0.15) is 4.31 Å². The van der Waals surface area contributed by atoms with Gasteiger partial charge in [-0.25, -0.2) is 12.8 Å². The average molecular weight is 323 g/mol. The first-order valence-electron chi connectivity index (χ1n) is 6.87. The molecule has 0 fully saturated rings. The van der Waals surface area contributed by atoms with E-state index in [0.29, 0.717) is 17.9 Å². The minimum Gasteiger partial charge on any atom is -0.494 e. The first kappa shape index (κ1) is 16.5. The van der Waals surface area contributed by atoms with Crippen molar-refractivity contribution in [1.29, 1.82) is 0 Å². The SMILES string of the molecule is CCOc1ccc(S(=O)(=O)N(C)Cc2ccccc2F)cc1. The molecule has 0 radical (unpaired) electrons. The fourth-order valence-corrected chi connectivity index (χ4v) is 3.15. The summed E-state index contributed by atoms with van der Waals surface area (Å²) in [5.74, 6) is 0.189. The van der Waals surface area contributed by atoms with Crippen molar-refractivity contribution in [3.05, 3.63) is 59.9 Å². The zero-order valence-electron chi connectivity index (χ0n) is 12.5. The van der Waals surface area contributed by atoms with E-state index in [4.69, 9.17) is 4.74 Å². The number of rotatable bonds is 6. The zero-order valence-corrected chi connectivity index (χ0v) is 13.3. The molecule has 0 unspecified atom stereocenters. The topological polar surface area (TPSA) is 46.6 Å². The first-order chi connectivity index (χ1) is 10.4.